The highest BCUT2D eigenvalue weighted by Gasteiger charge is 2.18. The SMILES string of the molecule is COc1cc(N2CCN(C/C(N)=N/O)CC2)ccn1. The first-order valence-corrected chi connectivity index (χ1v) is 6.16. The summed E-state index contributed by atoms with van der Waals surface area (Å²) in [6.45, 7) is 4.05. The molecule has 0 saturated carbocycles. The van der Waals surface area contributed by atoms with Crippen LogP contribution in [0.5, 0.6) is 5.88 Å². The third-order valence-corrected chi connectivity index (χ3v) is 3.18. The predicted molar refractivity (Wildman–Crippen MR) is 72.9 cm³/mol. The van der Waals surface area contributed by atoms with Crippen molar-refractivity contribution in [2.24, 2.45) is 10.9 Å². The minimum absolute atomic E-state index is 0.249. The number of nitrogens with zero attached hydrogens (tertiary/aromatic N) is 4. The second-order valence-corrected chi connectivity index (χ2v) is 4.41. The normalized spacial score (nSPS) is 17.5. The highest BCUT2D eigenvalue weighted by molar-refractivity contribution is 5.81. The second kappa shape index (κ2) is 6.24. The molecule has 7 heteroatoms. The van der Waals surface area contributed by atoms with Gasteiger partial charge in [-0.1, -0.05) is 5.16 Å². The highest BCUT2D eigenvalue weighted by Crippen LogP contribution is 2.19. The average Bonchev–Trinajstić information content (AvgIpc) is 2.48. The number of hydrogen-bond acceptors (Lipinski definition) is 6. The van der Waals surface area contributed by atoms with E-state index in [1.807, 2.05) is 12.1 Å². The van der Waals surface area contributed by atoms with Crippen LogP contribution in [0, 0.1) is 0 Å². The molecule has 1 aliphatic rings. The van der Waals surface area contributed by atoms with E-state index in [9.17, 15) is 0 Å². The van der Waals surface area contributed by atoms with Gasteiger partial charge in [-0.25, -0.2) is 4.98 Å². The van der Waals surface area contributed by atoms with Crippen LogP contribution in [-0.4, -0.2) is 60.8 Å². The zero-order valence-corrected chi connectivity index (χ0v) is 11.0. The topological polar surface area (TPSA) is 87.2 Å². The van der Waals surface area contributed by atoms with Crippen molar-refractivity contribution < 1.29 is 9.94 Å². The number of pyridine rings is 1. The zero-order chi connectivity index (χ0) is 13.7. The standard InChI is InChI=1S/C12H19N5O2/c1-19-12-8-10(2-3-14-12)17-6-4-16(5-7-17)9-11(13)15-18/h2-3,8,18H,4-7,9H2,1H3,(H2,13,15). The molecule has 1 saturated heterocycles. The summed E-state index contributed by atoms with van der Waals surface area (Å²) in [4.78, 5) is 8.53. The van der Waals surface area contributed by atoms with E-state index in [2.05, 4.69) is 19.9 Å². The van der Waals surface area contributed by atoms with Gasteiger partial charge >= 0.3 is 0 Å². The van der Waals surface area contributed by atoms with Crippen molar-refractivity contribution in [3.63, 3.8) is 0 Å². The molecule has 0 unspecified atom stereocenters. The van der Waals surface area contributed by atoms with Crippen molar-refractivity contribution >= 4 is 11.5 Å². The van der Waals surface area contributed by atoms with Crippen molar-refractivity contribution in [2.45, 2.75) is 0 Å². The molecule has 2 heterocycles. The van der Waals surface area contributed by atoms with E-state index in [4.69, 9.17) is 15.7 Å². The van der Waals surface area contributed by atoms with Crippen molar-refractivity contribution in [3.05, 3.63) is 18.3 Å². The van der Waals surface area contributed by atoms with Crippen molar-refractivity contribution in [3.8, 4) is 5.88 Å². The Morgan fingerprint density at radius 2 is 2.21 bits per heavy atom. The van der Waals surface area contributed by atoms with Gasteiger partial charge in [-0.2, -0.15) is 0 Å². The maximum atomic E-state index is 8.56. The van der Waals surface area contributed by atoms with Gasteiger partial charge in [0.2, 0.25) is 5.88 Å². The van der Waals surface area contributed by atoms with Gasteiger partial charge in [0.1, 0.15) is 0 Å². The molecule has 0 bridgehead atoms. The number of aromatic nitrogens is 1. The van der Waals surface area contributed by atoms with E-state index in [0.29, 0.717) is 12.4 Å². The maximum Gasteiger partial charge on any atom is 0.214 e. The summed E-state index contributed by atoms with van der Waals surface area (Å²) in [6.07, 6.45) is 1.75. The fraction of sp³-hybridized carbons (Fsp3) is 0.500. The van der Waals surface area contributed by atoms with Gasteiger partial charge in [0.15, 0.2) is 5.84 Å². The van der Waals surface area contributed by atoms with Crippen LogP contribution in [0.4, 0.5) is 5.69 Å². The fourth-order valence-corrected chi connectivity index (χ4v) is 2.13. The molecule has 0 aliphatic carbocycles. The Morgan fingerprint density at radius 1 is 1.47 bits per heavy atom. The molecule has 0 spiro atoms. The minimum Gasteiger partial charge on any atom is -0.481 e. The van der Waals surface area contributed by atoms with Gasteiger partial charge in [0.25, 0.3) is 0 Å². The predicted octanol–water partition coefficient (Wildman–Crippen LogP) is -0.0414. The number of oxime groups is 1. The lowest BCUT2D eigenvalue weighted by Gasteiger charge is -2.35. The lowest BCUT2D eigenvalue weighted by Crippen LogP contribution is -2.48. The molecule has 3 N–H and O–H groups in total. The molecule has 0 radical (unpaired) electrons. The lowest BCUT2D eigenvalue weighted by atomic mass is 10.2. The molecule has 1 aromatic heterocycles. The first-order valence-electron chi connectivity index (χ1n) is 6.16. The molecule has 2 rings (SSSR count). The van der Waals surface area contributed by atoms with Crippen LogP contribution in [0.1, 0.15) is 0 Å². The van der Waals surface area contributed by atoms with Crippen LogP contribution in [0.2, 0.25) is 0 Å². The summed E-state index contributed by atoms with van der Waals surface area (Å²) in [7, 11) is 1.61. The summed E-state index contributed by atoms with van der Waals surface area (Å²) in [5.74, 6) is 0.871. The molecule has 0 amide bonds. The fourth-order valence-electron chi connectivity index (χ4n) is 2.13. The van der Waals surface area contributed by atoms with Crippen LogP contribution in [0.3, 0.4) is 0 Å². The molecule has 1 aromatic rings. The number of methoxy groups -OCH3 is 1. The largest absolute Gasteiger partial charge is 0.481 e. The van der Waals surface area contributed by atoms with Crippen LogP contribution >= 0.6 is 0 Å². The molecule has 19 heavy (non-hydrogen) atoms. The number of anilines is 1. The van der Waals surface area contributed by atoms with E-state index >= 15 is 0 Å². The van der Waals surface area contributed by atoms with Crippen LogP contribution in [0.25, 0.3) is 0 Å². The number of amidine groups is 1. The van der Waals surface area contributed by atoms with Gasteiger partial charge in [0, 0.05) is 44.1 Å². The highest BCUT2D eigenvalue weighted by atomic mass is 16.5. The molecule has 1 fully saturated rings. The first kappa shape index (κ1) is 13.4. The molecule has 0 atom stereocenters. The van der Waals surface area contributed by atoms with E-state index < -0.39 is 0 Å². The average molecular weight is 265 g/mol. The Morgan fingerprint density at radius 3 is 2.84 bits per heavy atom. The summed E-state index contributed by atoms with van der Waals surface area (Å²) < 4.78 is 5.13. The Labute approximate surface area is 112 Å². The Balaban J connectivity index is 1.92. The molecule has 1 aliphatic heterocycles. The van der Waals surface area contributed by atoms with Gasteiger partial charge in [-0.05, 0) is 6.07 Å². The zero-order valence-electron chi connectivity index (χ0n) is 11.0. The van der Waals surface area contributed by atoms with E-state index in [-0.39, 0.29) is 5.84 Å². The summed E-state index contributed by atoms with van der Waals surface area (Å²) in [5.41, 5.74) is 6.61. The lowest BCUT2D eigenvalue weighted by molar-refractivity contribution is 0.278. The molecule has 7 nitrogen and oxygen atoms in total. The number of nitrogens with two attached hydrogens (primary N) is 1. The second-order valence-electron chi connectivity index (χ2n) is 4.41. The van der Waals surface area contributed by atoms with E-state index in [0.717, 1.165) is 31.9 Å². The van der Waals surface area contributed by atoms with Gasteiger partial charge in [-0.3, -0.25) is 4.90 Å². The Hall–Kier alpha value is -2.02. The summed E-state index contributed by atoms with van der Waals surface area (Å²) in [5, 5.41) is 11.6. The number of rotatable bonds is 4. The van der Waals surface area contributed by atoms with Crippen molar-refractivity contribution in [2.75, 3.05) is 44.7 Å². The molecule has 104 valence electrons. The van der Waals surface area contributed by atoms with Crippen LogP contribution in [-0.2, 0) is 0 Å². The van der Waals surface area contributed by atoms with E-state index in [1.54, 1.807) is 13.3 Å². The van der Waals surface area contributed by atoms with E-state index in [1.165, 1.54) is 0 Å². The van der Waals surface area contributed by atoms with Gasteiger partial charge in [0.05, 0.1) is 13.7 Å². The van der Waals surface area contributed by atoms with Crippen LogP contribution < -0.4 is 15.4 Å². The molecular weight excluding hydrogens is 246 g/mol. The Kier molecular flexibility index (Phi) is 4.40. The first-order chi connectivity index (χ1) is 9.22. The number of hydrogen-bond donors (Lipinski definition) is 2. The maximum absolute atomic E-state index is 8.56. The third-order valence-electron chi connectivity index (χ3n) is 3.18. The third kappa shape index (κ3) is 3.47. The van der Waals surface area contributed by atoms with Gasteiger partial charge in [-0.15, -0.1) is 0 Å². The van der Waals surface area contributed by atoms with Gasteiger partial charge < -0.3 is 20.6 Å². The van der Waals surface area contributed by atoms with Crippen LogP contribution in [0.15, 0.2) is 23.5 Å². The monoisotopic (exact) mass is 265 g/mol. The summed E-state index contributed by atoms with van der Waals surface area (Å²) in [6, 6.07) is 3.90. The quantitative estimate of drug-likeness (QED) is 0.344. The summed E-state index contributed by atoms with van der Waals surface area (Å²) >= 11 is 0. The number of ether oxygens (including phenoxy) is 1. The van der Waals surface area contributed by atoms with Crippen molar-refractivity contribution in [1.82, 2.24) is 9.88 Å². The van der Waals surface area contributed by atoms with Crippen molar-refractivity contribution in [1.29, 1.82) is 0 Å². The minimum atomic E-state index is 0.249. The molecule has 0 aromatic carbocycles. The number of piperazine rings is 1. The Bertz CT molecular complexity index is 444. The molecular formula is C12H19N5O2. The smallest absolute Gasteiger partial charge is 0.214 e.